The number of ether oxygens (including phenoxy) is 2. The number of carbonyl (C=O) groups is 1. The Morgan fingerprint density at radius 3 is 2.40 bits per heavy atom. The molecule has 4 nitrogen and oxygen atoms in total. The number of quaternary nitrogens is 1. The van der Waals surface area contributed by atoms with Gasteiger partial charge in [-0.1, -0.05) is 42.5 Å². The van der Waals surface area contributed by atoms with E-state index in [0.717, 1.165) is 38.4 Å². The number of ketones is 1. The fourth-order valence-electron chi connectivity index (χ4n) is 3.65. The van der Waals surface area contributed by atoms with Gasteiger partial charge in [0.1, 0.15) is 30.9 Å². The predicted molar refractivity (Wildman–Crippen MR) is 90.5 cm³/mol. The van der Waals surface area contributed by atoms with E-state index < -0.39 is 0 Å². The van der Waals surface area contributed by atoms with E-state index in [1.165, 1.54) is 4.90 Å². The van der Waals surface area contributed by atoms with E-state index in [0.29, 0.717) is 11.3 Å². The average Bonchev–Trinajstić information content (AvgIpc) is 2.65. The van der Waals surface area contributed by atoms with Gasteiger partial charge in [0.25, 0.3) is 0 Å². The second kappa shape index (κ2) is 8.00. The molecule has 2 atom stereocenters. The standard InChI is InChI=1S/C20H21NO3.ClH/c22-19-16-8-4-5-9-18(16)24-20(15-6-2-1-3-7-15)17(19)14-21-10-12-23-13-11-21;/h1-9,17,20H,10-14H2;1H. The Labute approximate surface area is 154 Å². The van der Waals surface area contributed by atoms with Crippen LogP contribution in [0.1, 0.15) is 22.0 Å². The van der Waals surface area contributed by atoms with Crippen molar-refractivity contribution < 1.29 is 31.6 Å². The van der Waals surface area contributed by atoms with Gasteiger partial charge in [-0.25, -0.2) is 0 Å². The second-order valence-corrected chi connectivity index (χ2v) is 6.48. The SMILES string of the molecule is O=C1c2ccccc2OC(c2ccccc2)C1C[NH+]1CCOCC1.[Cl-]. The zero-order valence-electron chi connectivity index (χ0n) is 14.0. The molecule has 0 saturated carbocycles. The van der Waals surface area contributed by atoms with Crippen molar-refractivity contribution in [2.75, 3.05) is 32.8 Å². The molecule has 2 aliphatic heterocycles. The summed E-state index contributed by atoms with van der Waals surface area (Å²) in [6.45, 7) is 4.23. The van der Waals surface area contributed by atoms with Crippen molar-refractivity contribution in [3.63, 3.8) is 0 Å². The average molecular weight is 360 g/mol. The van der Waals surface area contributed by atoms with Crippen molar-refractivity contribution >= 4 is 5.78 Å². The fraction of sp³-hybridized carbons (Fsp3) is 0.350. The van der Waals surface area contributed by atoms with Crippen LogP contribution in [0, 0.1) is 5.92 Å². The number of rotatable bonds is 3. The highest BCUT2D eigenvalue weighted by atomic mass is 35.5. The Kier molecular flexibility index (Phi) is 5.74. The number of fused-ring (bicyclic) bond motifs is 1. The van der Waals surface area contributed by atoms with Crippen LogP contribution in [-0.4, -0.2) is 38.6 Å². The lowest BCUT2D eigenvalue weighted by Gasteiger charge is -2.35. The molecular formula is C20H22ClNO3. The summed E-state index contributed by atoms with van der Waals surface area (Å²) in [5.74, 6) is 0.740. The minimum absolute atomic E-state index is 0. The number of hydrogen-bond donors (Lipinski definition) is 1. The lowest BCUT2D eigenvalue weighted by molar-refractivity contribution is -0.910. The maximum atomic E-state index is 13.1. The molecule has 132 valence electrons. The summed E-state index contributed by atoms with van der Waals surface area (Å²) < 4.78 is 11.7. The summed E-state index contributed by atoms with van der Waals surface area (Å²) in [5.41, 5.74) is 1.78. The van der Waals surface area contributed by atoms with Crippen LogP contribution >= 0.6 is 0 Å². The number of morpholine rings is 1. The Morgan fingerprint density at radius 2 is 1.64 bits per heavy atom. The van der Waals surface area contributed by atoms with E-state index in [-0.39, 0.29) is 30.2 Å². The van der Waals surface area contributed by atoms with Crippen LogP contribution in [0.15, 0.2) is 54.6 Å². The van der Waals surface area contributed by atoms with Gasteiger partial charge in [-0.05, 0) is 17.7 Å². The highest BCUT2D eigenvalue weighted by Crippen LogP contribution is 2.38. The van der Waals surface area contributed by atoms with E-state index in [1.807, 2.05) is 54.6 Å². The molecule has 0 bridgehead atoms. The van der Waals surface area contributed by atoms with Gasteiger partial charge in [-0.2, -0.15) is 0 Å². The van der Waals surface area contributed by atoms with Gasteiger partial charge in [-0.15, -0.1) is 0 Å². The summed E-state index contributed by atoms with van der Waals surface area (Å²) in [5, 5.41) is 0. The van der Waals surface area contributed by atoms with E-state index in [4.69, 9.17) is 9.47 Å². The first kappa shape index (κ1) is 17.9. The first-order valence-electron chi connectivity index (χ1n) is 8.59. The van der Waals surface area contributed by atoms with Gasteiger partial charge in [0.2, 0.25) is 0 Å². The quantitative estimate of drug-likeness (QED) is 0.728. The number of Topliss-reactive ketones (excluding diaryl/α,β-unsaturated/α-hetero) is 1. The Morgan fingerprint density at radius 1 is 0.960 bits per heavy atom. The topological polar surface area (TPSA) is 40.0 Å². The van der Waals surface area contributed by atoms with Gasteiger partial charge in [0.05, 0.1) is 25.3 Å². The van der Waals surface area contributed by atoms with Crippen molar-refractivity contribution in [1.82, 2.24) is 0 Å². The summed E-state index contributed by atoms with van der Waals surface area (Å²) in [4.78, 5) is 14.6. The summed E-state index contributed by atoms with van der Waals surface area (Å²) in [7, 11) is 0. The number of hydrogen-bond acceptors (Lipinski definition) is 3. The molecule has 2 aromatic carbocycles. The molecule has 1 saturated heterocycles. The molecule has 1 N–H and O–H groups in total. The molecule has 0 aliphatic carbocycles. The smallest absolute Gasteiger partial charge is 0.179 e. The molecular weight excluding hydrogens is 338 g/mol. The molecule has 25 heavy (non-hydrogen) atoms. The second-order valence-electron chi connectivity index (χ2n) is 6.48. The molecule has 2 unspecified atom stereocenters. The molecule has 2 aromatic rings. The third-order valence-corrected chi connectivity index (χ3v) is 4.95. The Bertz CT molecular complexity index is 716. The van der Waals surface area contributed by atoms with Crippen molar-refractivity contribution in [2.24, 2.45) is 5.92 Å². The number of para-hydroxylation sites is 1. The van der Waals surface area contributed by atoms with Crippen LogP contribution in [0.5, 0.6) is 5.75 Å². The third kappa shape index (κ3) is 3.71. The van der Waals surface area contributed by atoms with E-state index in [1.54, 1.807) is 0 Å². The highest BCUT2D eigenvalue weighted by Gasteiger charge is 2.40. The number of benzene rings is 2. The van der Waals surface area contributed by atoms with Crippen molar-refractivity contribution in [3.05, 3.63) is 65.7 Å². The largest absolute Gasteiger partial charge is 1.00 e. The van der Waals surface area contributed by atoms with Crippen LogP contribution in [0.3, 0.4) is 0 Å². The maximum Gasteiger partial charge on any atom is 0.179 e. The zero-order chi connectivity index (χ0) is 16.4. The van der Waals surface area contributed by atoms with Gasteiger partial charge in [0.15, 0.2) is 5.78 Å². The summed E-state index contributed by atoms with van der Waals surface area (Å²) >= 11 is 0. The molecule has 2 aliphatic rings. The van der Waals surface area contributed by atoms with Gasteiger partial charge in [-0.3, -0.25) is 4.79 Å². The lowest BCUT2D eigenvalue weighted by atomic mass is 9.85. The molecule has 0 aromatic heterocycles. The molecule has 0 spiro atoms. The van der Waals surface area contributed by atoms with Gasteiger partial charge >= 0.3 is 0 Å². The number of halogens is 1. The van der Waals surface area contributed by atoms with Gasteiger partial charge < -0.3 is 26.8 Å². The van der Waals surface area contributed by atoms with E-state index in [2.05, 4.69) is 0 Å². The van der Waals surface area contributed by atoms with Crippen LogP contribution < -0.4 is 22.0 Å². The van der Waals surface area contributed by atoms with Gasteiger partial charge in [0, 0.05) is 0 Å². The number of nitrogens with one attached hydrogen (secondary N) is 1. The molecule has 4 rings (SSSR count). The zero-order valence-corrected chi connectivity index (χ0v) is 14.7. The minimum Gasteiger partial charge on any atom is -1.00 e. The van der Waals surface area contributed by atoms with Crippen molar-refractivity contribution in [2.45, 2.75) is 6.10 Å². The first-order valence-corrected chi connectivity index (χ1v) is 8.59. The highest BCUT2D eigenvalue weighted by molar-refractivity contribution is 6.01. The maximum absolute atomic E-state index is 13.1. The van der Waals surface area contributed by atoms with Crippen LogP contribution in [0.2, 0.25) is 0 Å². The third-order valence-electron chi connectivity index (χ3n) is 4.95. The monoisotopic (exact) mass is 359 g/mol. The molecule has 0 amide bonds. The molecule has 2 heterocycles. The molecule has 0 radical (unpaired) electrons. The Hall–Kier alpha value is -1.88. The number of carbonyl (C=O) groups excluding carboxylic acids is 1. The minimum atomic E-state index is -0.219. The van der Waals surface area contributed by atoms with Crippen LogP contribution in [-0.2, 0) is 4.74 Å². The lowest BCUT2D eigenvalue weighted by Crippen LogP contribution is -3.15. The fourth-order valence-corrected chi connectivity index (χ4v) is 3.65. The first-order chi connectivity index (χ1) is 11.8. The van der Waals surface area contributed by atoms with E-state index in [9.17, 15) is 4.79 Å². The molecule has 1 fully saturated rings. The van der Waals surface area contributed by atoms with E-state index >= 15 is 0 Å². The van der Waals surface area contributed by atoms with Crippen molar-refractivity contribution in [3.8, 4) is 5.75 Å². The van der Waals surface area contributed by atoms with Crippen LogP contribution in [0.4, 0.5) is 0 Å². The van der Waals surface area contributed by atoms with Crippen LogP contribution in [0.25, 0.3) is 0 Å². The summed E-state index contributed by atoms with van der Waals surface area (Å²) in [6.07, 6.45) is -0.219. The molecule has 5 heteroatoms. The normalized spacial score (nSPS) is 23.3. The Balaban J connectivity index is 0.00000182. The predicted octanol–water partition coefficient (Wildman–Crippen LogP) is -1.46. The van der Waals surface area contributed by atoms with Crippen molar-refractivity contribution in [1.29, 1.82) is 0 Å². The summed E-state index contributed by atoms with van der Waals surface area (Å²) in [6, 6.07) is 17.7.